The maximum Gasteiger partial charge on any atom is 0.241 e. The van der Waals surface area contributed by atoms with Crippen molar-refractivity contribution in [3.8, 4) is 6.07 Å². The number of methoxy groups -OCH3 is 1. The third-order valence-corrected chi connectivity index (χ3v) is 2.09. The summed E-state index contributed by atoms with van der Waals surface area (Å²) in [7, 11) is 1.61. The molecule has 0 radical (unpaired) electrons. The number of carbonyl (C=O) groups excluding carboxylic acids is 1. The first kappa shape index (κ1) is 12.2. The molecule has 0 aromatic heterocycles. The van der Waals surface area contributed by atoms with Crippen LogP contribution in [0.2, 0.25) is 0 Å². The highest BCUT2D eigenvalue weighted by Gasteiger charge is 2.11. The lowest BCUT2D eigenvalue weighted by atomic mass is 10.1. The normalized spacial score (nSPS) is 11.6. The van der Waals surface area contributed by atoms with Crippen molar-refractivity contribution in [1.82, 2.24) is 0 Å². The van der Waals surface area contributed by atoms with Crippen molar-refractivity contribution in [1.29, 1.82) is 5.26 Å². The van der Waals surface area contributed by atoms with Crippen molar-refractivity contribution in [3.63, 3.8) is 0 Å². The van der Waals surface area contributed by atoms with E-state index in [1.54, 1.807) is 20.1 Å². The van der Waals surface area contributed by atoms with E-state index in [1.807, 2.05) is 24.3 Å². The molecule has 1 aromatic carbocycles. The van der Waals surface area contributed by atoms with Crippen LogP contribution in [-0.4, -0.2) is 13.0 Å². The second kappa shape index (κ2) is 5.89. The molecule has 84 valence electrons. The van der Waals surface area contributed by atoms with Gasteiger partial charge in [-0.3, -0.25) is 4.79 Å². The first-order chi connectivity index (χ1) is 7.67. The molecular formula is C12H14N2O2. The minimum atomic E-state index is -0.647. The lowest BCUT2D eigenvalue weighted by Crippen LogP contribution is -2.18. The number of anilines is 1. The van der Waals surface area contributed by atoms with Crippen LogP contribution in [0.1, 0.15) is 12.5 Å². The van der Waals surface area contributed by atoms with Gasteiger partial charge in [0.15, 0.2) is 0 Å². The number of rotatable bonds is 4. The molecule has 0 aliphatic heterocycles. The smallest absolute Gasteiger partial charge is 0.241 e. The molecule has 0 fully saturated rings. The first-order valence-electron chi connectivity index (χ1n) is 4.95. The summed E-state index contributed by atoms with van der Waals surface area (Å²) in [6, 6.07) is 9.24. The molecule has 0 heterocycles. The van der Waals surface area contributed by atoms with Crippen LogP contribution in [0.5, 0.6) is 0 Å². The van der Waals surface area contributed by atoms with E-state index >= 15 is 0 Å². The number of nitrogens with zero attached hydrogens (tertiary/aromatic N) is 1. The average molecular weight is 218 g/mol. The van der Waals surface area contributed by atoms with Crippen molar-refractivity contribution in [2.45, 2.75) is 13.5 Å². The van der Waals surface area contributed by atoms with Crippen LogP contribution in [0.15, 0.2) is 24.3 Å². The maximum absolute atomic E-state index is 11.4. The summed E-state index contributed by atoms with van der Waals surface area (Å²) in [4.78, 5) is 11.4. The Morgan fingerprint density at radius 3 is 3.00 bits per heavy atom. The maximum atomic E-state index is 11.4. The van der Waals surface area contributed by atoms with Gasteiger partial charge in [0, 0.05) is 12.8 Å². The largest absolute Gasteiger partial charge is 0.380 e. The fourth-order valence-electron chi connectivity index (χ4n) is 1.21. The second-order valence-corrected chi connectivity index (χ2v) is 3.47. The van der Waals surface area contributed by atoms with E-state index in [4.69, 9.17) is 10.00 Å². The van der Waals surface area contributed by atoms with Crippen LogP contribution in [0, 0.1) is 17.2 Å². The van der Waals surface area contributed by atoms with E-state index in [1.165, 1.54) is 0 Å². The van der Waals surface area contributed by atoms with Crippen LogP contribution >= 0.6 is 0 Å². The van der Waals surface area contributed by atoms with E-state index < -0.39 is 5.92 Å². The molecular weight excluding hydrogens is 204 g/mol. The molecule has 16 heavy (non-hydrogen) atoms. The summed E-state index contributed by atoms with van der Waals surface area (Å²) in [5, 5.41) is 11.3. The number of nitrogens with one attached hydrogen (secondary N) is 1. The highest BCUT2D eigenvalue weighted by atomic mass is 16.5. The highest BCUT2D eigenvalue weighted by Crippen LogP contribution is 2.12. The lowest BCUT2D eigenvalue weighted by Gasteiger charge is -2.07. The zero-order valence-electron chi connectivity index (χ0n) is 9.36. The van der Waals surface area contributed by atoms with Crippen LogP contribution < -0.4 is 5.32 Å². The SMILES string of the molecule is COCc1cccc(NC(=O)C(C)C#N)c1. The molecule has 0 spiro atoms. The molecule has 1 atom stereocenters. The standard InChI is InChI=1S/C12H14N2O2/c1-9(7-13)12(15)14-11-5-3-4-10(6-11)8-16-2/h3-6,9H,8H2,1-2H3,(H,14,15). The summed E-state index contributed by atoms with van der Waals surface area (Å²) in [5.74, 6) is -0.942. The molecule has 0 saturated carbocycles. The van der Waals surface area contributed by atoms with Gasteiger partial charge in [0.05, 0.1) is 12.7 Å². The summed E-state index contributed by atoms with van der Waals surface area (Å²) in [6.45, 7) is 2.06. The molecule has 1 N–H and O–H groups in total. The Hall–Kier alpha value is -1.86. The Balaban J connectivity index is 2.71. The van der Waals surface area contributed by atoms with E-state index in [2.05, 4.69) is 5.32 Å². The Labute approximate surface area is 94.8 Å². The van der Waals surface area contributed by atoms with E-state index in [0.29, 0.717) is 12.3 Å². The minimum Gasteiger partial charge on any atom is -0.380 e. The van der Waals surface area contributed by atoms with Crippen LogP contribution in [0.4, 0.5) is 5.69 Å². The molecule has 0 saturated heterocycles. The van der Waals surface area contributed by atoms with Crippen molar-refractivity contribution in [2.75, 3.05) is 12.4 Å². The van der Waals surface area contributed by atoms with Crippen molar-refractivity contribution in [3.05, 3.63) is 29.8 Å². The predicted molar refractivity (Wildman–Crippen MR) is 60.6 cm³/mol. The van der Waals surface area contributed by atoms with Crippen LogP contribution in [0.3, 0.4) is 0 Å². The minimum absolute atomic E-state index is 0.294. The number of nitriles is 1. The molecule has 0 aliphatic rings. The molecule has 4 nitrogen and oxygen atoms in total. The topological polar surface area (TPSA) is 62.1 Å². The van der Waals surface area contributed by atoms with Gasteiger partial charge in [-0.1, -0.05) is 12.1 Å². The third kappa shape index (κ3) is 3.37. The van der Waals surface area contributed by atoms with E-state index in [0.717, 1.165) is 5.56 Å². The van der Waals surface area contributed by atoms with Gasteiger partial charge in [-0.05, 0) is 24.6 Å². The van der Waals surface area contributed by atoms with Gasteiger partial charge in [0.2, 0.25) is 5.91 Å². The zero-order chi connectivity index (χ0) is 12.0. The fourth-order valence-corrected chi connectivity index (χ4v) is 1.21. The van der Waals surface area contributed by atoms with Gasteiger partial charge in [-0.15, -0.1) is 0 Å². The molecule has 0 bridgehead atoms. The van der Waals surface area contributed by atoms with Crippen LogP contribution in [0.25, 0.3) is 0 Å². The summed E-state index contributed by atoms with van der Waals surface area (Å²) < 4.78 is 4.99. The Morgan fingerprint density at radius 2 is 2.38 bits per heavy atom. The summed E-state index contributed by atoms with van der Waals surface area (Å²) in [5.41, 5.74) is 1.66. The summed E-state index contributed by atoms with van der Waals surface area (Å²) in [6.07, 6.45) is 0. The van der Waals surface area contributed by atoms with E-state index in [9.17, 15) is 4.79 Å². The van der Waals surface area contributed by atoms with Gasteiger partial charge in [-0.25, -0.2) is 0 Å². The number of amides is 1. The van der Waals surface area contributed by atoms with Crippen molar-refractivity contribution < 1.29 is 9.53 Å². The highest BCUT2D eigenvalue weighted by molar-refractivity contribution is 5.93. The fraction of sp³-hybridized carbons (Fsp3) is 0.333. The van der Waals surface area contributed by atoms with Crippen molar-refractivity contribution >= 4 is 11.6 Å². The van der Waals surface area contributed by atoms with E-state index in [-0.39, 0.29) is 5.91 Å². The molecule has 1 rings (SSSR count). The van der Waals surface area contributed by atoms with Gasteiger partial charge in [-0.2, -0.15) is 5.26 Å². The number of carbonyl (C=O) groups is 1. The molecule has 0 aliphatic carbocycles. The number of hydrogen-bond donors (Lipinski definition) is 1. The van der Waals surface area contributed by atoms with Gasteiger partial charge >= 0.3 is 0 Å². The quantitative estimate of drug-likeness (QED) is 0.839. The number of hydrogen-bond acceptors (Lipinski definition) is 3. The summed E-state index contributed by atoms with van der Waals surface area (Å²) >= 11 is 0. The molecule has 1 unspecified atom stereocenters. The number of ether oxygens (including phenoxy) is 1. The molecule has 1 aromatic rings. The molecule has 1 amide bonds. The average Bonchev–Trinajstić information content (AvgIpc) is 2.29. The van der Waals surface area contributed by atoms with Gasteiger partial charge in [0.25, 0.3) is 0 Å². The third-order valence-electron chi connectivity index (χ3n) is 2.09. The first-order valence-corrected chi connectivity index (χ1v) is 4.95. The zero-order valence-corrected chi connectivity index (χ0v) is 9.36. The Morgan fingerprint density at radius 1 is 1.62 bits per heavy atom. The van der Waals surface area contributed by atoms with Crippen molar-refractivity contribution in [2.24, 2.45) is 5.92 Å². The van der Waals surface area contributed by atoms with Gasteiger partial charge < -0.3 is 10.1 Å². The van der Waals surface area contributed by atoms with Crippen LogP contribution in [-0.2, 0) is 16.1 Å². The predicted octanol–water partition coefficient (Wildman–Crippen LogP) is 1.93. The Bertz CT molecular complexity index is 410. The Kier molecular flexibility index (Phi) is 4.49. The monoisotopic (exact) mass is 218 g/mol. The number of benzene rings is 1. The second-order valence-electron chi connectivity index (χ2n) is 3.47. The molecule has 4 heteroatoms. The lowest BCUT2D eigenvalue weighted by molar-refractivity contribution is -0.117. The van der Waals surface area contributed by atoms with Gasteiger partial charge in [0.1, 0.15) is 5.92 Å².